The molecule has 0 spiro atoms. The van der Waals surface area contributed by atoms with Gasteiger partial charge in [0.15, 0.2) is 5.65 Å². The van der Waals surface area contributed by atoms with Crippen LogP contribution in [-0.4, -0.2) is 60.4 Å². The fraction of sp³-hybridized carbons (Fsp3) is 0.304. The van der Waals surface area contributed by atoms with Crippen LogP contribution in [0.25, 0.3) is 22.2 Å². The van der Waals surface area contributed by atoms with Crippen LogP contribution in [0.4, 0.5) is 5.95 Å². The number of amides is 1. The number of hydrogen-bond acceptors (Lipinski definition) is 8. The van der Waals surface area contributed by atoms with Crippen molar-refractivity contribution in [2.45, 2.75) is 18.5 Å². The van der Waals surface area contributed by atoms with Crippen LogP contribution in [0.3, 0.4) is 0 Å². The van der Waals surface area contributed by atoms with Crippen LogP contribution < -0.4 is 20.1 Å². The highest BCUT2D eigenvalue weighted by molar-refractivity contribution is 6.41. The number of aromatic nitrogens is 3. The third-order valence-corrected chi connectivity index (χ3v) is 6.23. The van der Waals surface area contributed by atoms with E-state index >= 15 is 0 Å². The number of ether oxygens (including phenoxy) is 3. The molecule has 34 heavy (non-hydrogen) atoms. The smallest absolute Gasteiger partial charge is 0.243 e. The number of carbonyl (C=O) groups is 1. The number of rotatable bonds is 7. The van der Waals surface area contributed by atoms with E-state index in [1.165, 1.54) is 20.3 Å². The first kappa shape index (κ1) is 24.0. The van der Waals surface area contributed by atoms with E-state index in [4.69, 9.17) is 37.4 Å². The zero-order valence-corrected chi connectivity index (χ0v) is 20.1. The van der Waals surface area contributed by atoms with Gasteiger partial charge in [-0.1, -0.05) is 29.8 Å². The standard InChI is InChI=1S/C23H23Cl2N5O4/c1-4-18(31)28-14-5-6-34-11-15(14)29-23-27-10-13-7-12(9-26-22(13)30-23)19-20(24)16(32-2)8-17(33-3)21(19)25/h4,7-10,14-15H,1,5-6,11H2,2-3H3,(H,28,31)(H,26,27,29,30). The van der Waals surface area contributed by atoms with Crippen molar-refractivity contribution in [3.8, 4) is 22.6 Å². The molecule has 0 radical (unpaired) electrons. The van der Waals surface area contributed by atoms with Crippen molar-refractivity contribution in [3.63, 3.8) is 0 Å². The second-order valence-corrected chi connectivity index (χ2v) is 8.30. The lowest BCUT2D eigenvalue weighted by Gasteiger charge is -2.32. The van der Waals surface area contributed by atoms with Gasteiger partial charge in [0, 0.05) is 41.6 Å². The maximum atomic E-state index is 11.8. The number of fused-ring (bicyclic) bond motifs is 1. The maximum Gasteiger partial charge on any atom is 0.243 e. The first-order valence-electron chi connectivity index (χ1n) is 10.5. The van der Waals surface area contributed by atoms with Crippen molar-refractivity contribution in [1.29, 1.82) is 0 Å². The average molecular weight is 504 g/mol. The summed E-state index contributed by atoms with van der Waals surface area (Å²) in [5.41, 5.74) is 1.68. The first-order valence-corrected chi connectivity index (χ1v) is 11.2. The van der Waals surface area contributed by atoms with E-state index in [2.05, 4.69) is 32.2 Å². The summed E-state index contributed by atoms with van der Waals surface area (Å²) >= 11 is 13.1. The summed E-state index contributed by atoms with van der Waals surface area (Å²) in [5, 5.41) is 7.53. The molecule has 0 saturated carbocycles. The summed E-state index contributed by atoms with van der Waals surface area (Å²) in [4.78, 5) is 25.2. The Morgan fingerprint density at radius 1 is 1.15 bits per heavy atom. The third-order valence-electron chi connectivity index (χ3n) is 5.48. The van der Waals surface area contributed by atoms with E-state index in [0.29, 0.717) is 69.3 Å². The SMILES string of the molecule is C=CC(=O)NC1CCOCC1Nc1ncc2cc(-c3c(Cl)c(OC)cc(OC)c3Cl)cnc2n1. The molecular formula is C23H23Cl2N5O4. The molecule has 1 saturated heterocycles. The molecule has 3 heterocycles. The van der Waals surface area contributed by atoms with Crippen molar-refractivity contribution < 1.29 is 19.0 Å². The van der Waals surface area contributed by atoms with Crippen molar-refractivity contribution in [2.24, 2.45) is 0 Å². The fourth-order valence-electron chi connectivity index (χ4n) is 3.73. The summed E-state index contributed by atoms with van der Waals surface area (Å²) in [6, 6.07) is 3.13. The Balaban J connectivity index is 1.63. The Hall–Kier alpha value is -3.14. The van der Waals surface area contributed by atoms with Crippen LogP contribution in [-0.2, 0) is 9.53 Å². The molecule has 1 aliphatic heterocycles. The Morgan fingerprint density at radius 3 is 2.56 bits per heavy atom. The number of anilines is 1. The van der Waals surface area contributed by atoms with Gasteiger partial charge in [-0.25, -0.2) is 9.97 Å². The molecular weight excluding hydrogens is 481 g/mol. The van der Waals surface area contributed by atoms with Gasteiger partial charge in [-0.3, -0.25) is 4.79 Å². The predicted molar refractivity (Wildman–Crippen MR) is 131 cm³/mol. The quantitative estimate of drug-likeness (QED) is 0.467. The molecule has 178 valence electrons. The van der Waals surface area contributed by atoms with Crippen molar-refractivity contribution in [2.75, 3.05) is 32.8 Å². The summed E-state index contributed by atoms with van der Waals surface area (Å²) in [5.74, 6) is 1.00. The van der Waals surface area contributed by atoms with Gasteiger partial charge in [-0.15, -0.1) is 0 Å². The molecule has 1 fully saturated rings. The second kappa shape index (κ2) is 10.4. The largest absolute Gasteiger partial charge is 0.495 e. The molecule has 0 aliphatic carbocycles. The van der Waals surface area contributed by atoms with Gasteiger partial charge in [0.2, 0.25) is 11.9 Å². The van der Waals surface area contributed by atoms with Gasteiger partial charge in [0.1, 0.15) is 11.5 Å². The Kier molecular flexibility index (Phi) is 7.35. The average Bonchev–Trinajstić information content (AvgIpc) is 2.85. The number of benzene rings is 1. The monoisotopic (exact) mass is 503 g/mol. The molecule has 1 aromatic carbocycles. The minimum Gasteiger partial charge on any atom is -0.495 e. The molecule has 1 amide bonds. The normalized spacial score (nSPS) is 17.8. The molecule has 0 bridgehead atoms. The minimum atomic E-state index is -0.237. The lowest BCUT2D eigenvalue weighted by molar-refractivity contribution is -0.117. The topological polar surface area (TPSA) is 107 Å². The second-order valence-electron chi connectivity index (χ2n) is 7.55. The summed E-state index contributed by atoms with van der Waals surface area (Å²) in [6.45, 7) is 4.47. The minimum absolute atomic E-state index is 0.138. The Labute approximate surface area is 206 Å². The highest BCUT2D eigenvalue weighted by atomic mass is 35.5. The molecule has 11 heteroatoms. The van der Waals surface area contributed by atoms with Crippen LogP contribution in [0.5, 0.6) is 11.5 Å². The molecule has 9 nitrogen and oxygen atoms in total. The van der Waals surface area contributed by atoms with E-state index < -0.39 is 0 Å². The molecule has 2 N–H and O–H groups in total. The van der Waals surface area contributed by atoms with Crippen molar-refractivity contribution in [1.82, 2.24) is 20.3 Å². The van der Waals surface area contributed by atoms with Crippen LogP contribution >= 0.6 is 23.2 Å². The van der Waals surface area contributed by atoms with Gasteiger partial charge in [-0.2, -0.15) is 4.98 Å². The molecule has 2 aromatic heterocycles. The van der Waals surface area contributed by atoms with Crippen molar-refractivity contribution >= 4 is 46.1 Å². The number of nitrogens with zero attached hydrogens (tertiary/aromatic N) is 3. The van der Waals surface area contributed by atoms with E-state index in [1.807, 2.05) is 6.07 Å². The number of carbonyl (C=O) groups excluding carboxylic acids is 1. The third kappa shape index (κ3) is 4.86. The summed E-state index contributed by atoms with van der Waals surface area (Å²) in [7, 11) is 3.04. The van der Waals surface area contributed by atoms with E-state index in [-0.39, 0.29) is 18.0 Å². The lowest BCUT2D eigenvalue weighted by atomic mass is 10.0. The van der Waals surface area contributed by atoms with Gasteiger partial charge in [0.05, 0.1) is 43.0 Å². The molecule has 1 aliphatic rings. The van der Waals surface area contributed by atoms with E-state index in [1.54, 1.807) is 18.5 Å². The summed E-state index contributed by atoms with van der Waals surface area (Å²) < 4.78 is 16.3. The molecule has 4 rings (SSSR count). The maximum absolute atomic E-state index is 11.8. The van der Waals surface area contributed by atoms with Crippen LogP contribution in [0.2, 0.25) is 10.0 Å². The van der Waals surface area contributed by atoms with Crippen LogP contribution in [0, 0.1) is 0 Å². The van der Waals surface area contributed by atoms with Gasteiger partial charge < -0.3 is 24.8 Å². The lowest BCUT2D eigenvalue weighted by Crippen LogP contribution is -2.52. The van der Waals surface area contributed by atoms with Gasteiger partial charge >= 0.3 is 0 Å². The van der Waals surface area contributed by atoms with E-state index in [9.17, 15) is 4.79 Å². The number of nitrogens with one attached hydrogen (secondary N) is 2. The predicted octanol–water partition coefficient (Wildman–Crippen LogP) is 3.89. The number of hydrogen-bond donors (Lipinski definition) is 2. The van der Waals surface area contributed by atoms with Gasteiger partial charge in [0.25, 0.3) is 0 Å². The zero-order chi connectivity index (χ0) is 24.2. The number of halogens is 2. The Morgan fingerprint density at radius 2 is 1.88 bits per heavy atom. The highest BCUT2D eigenvalue weighted by Crippen LogP contribution is 2.46. The number of methoxy groups -OCH3 is 2. The zero-order valence-electron chi connectivity index (χ0n) is 18.6. The fourth-order valence-corrected chi connectivity index (χ4v) is 4.45. The number of pyridine rings is 1. The van der Waals surface area contributed by atoms with Crippen molar-refractivity contribution in [3.05, 3.63) is 47.2 Å². The highest BCUT2D eigenvalue weighted by Gasteiger charge is 2.27. The summed E-state index contributed by atoms with van der Waals surface area (Å²) in [6.07, 6.45) is 5.19. The Bertz CT molecular complexity index is 1210. The van der Waals surface area contributed by atoms with E-state index in [0.717, 1.165) is 0 Å². The van der Waals surface area contributed by atoms with Gasteiger partial charge in [-0.05, 0) is 18.6 Å². The molecule has 2 atom stereocenters. The molecule has 3 aromatic rings. The van der Waals surface area contributed by atoms with Crippen LogP contribution in [0.15, 0.2) is 37.2 Å². The first-order chi connectivity index (χ1) is 16.4. The molecule has 2 unspecified atom stereocenters. The van der Waals surface area contributed by atoms with Crippen LogP contribution in [0.1, 0.15) is 6.42 Å².